The summed E-state index contributed by atoms with van der Waals surface area (Å²) in [5, 5.41) is 1.95. The third-order valence-corrected chi connectivity index (χ3v) is 5.78. The van der Waals surface area contributed by atoms with E-state index in [9.17, 15) is 4.79 Å². The number of rotatable bonds is 2. The van der Waals surface area contributed by atoms with Crippen LogP contribution in [-0.4, -0.2) is 28.0 Å². The highest BCUT2D eigenvalue weighted by Crippen LogP contribution is 2.28. The van der Waals surface area contributed by atoms with Crippen molar-refractivity contribution in [3.8, 4) is 16.8 Å². The van der Waals surface area contributed by atoms with Gasteiger partial charge < -0.3 is 9.88 Å². The molecular formula is C23H20ClN3O. The standard InChI is InChI=1S/C23H20ClN3O/c1-26-10-9-20-19-7-6-18(13-21(19)25-22(20)14-26)27-11-8-16(12-23(27)28)15-2-4-17(24)5-3-15/h2-8,11-13,25H,9-10,14H2,1H3. The molecule has 4 nitrogen and oxygen atoms in total. The molecule has 1 aliphatic heterocycles. The molecule has 28 heavy (non-hydrogen) atoms. The van der Waals surface area contributed by atoms with E-state index in [1.807, 2.05) is 42.6 Å². The van der Waals surface area contributed by atoms with E-state index in [0.29, 0.717) is 5.02 Å². The van der Waals surface area contributed by atoms with Gasteiger partial charge in [-0.3, -0.25) is 9.36 Å². The Hall–Kier alpha value is -2.82. The van der Waals surface area contributed by atoms with Gasteiger partial charge in [-0.15, -0.1) is 0 Å². The molecule has 1 aliphatic rings. The first kappa shape index (κ1) is 17.3. The van der Waals surface area contributed by atoms with Crippen LogP contribution in [0.2, 0.25) is 5.02 Å². The Morgan fingerprint density at radius 3 is 2.61 bits per heavy atom. The molecule has 0 spiro atoms. The first-order chi connectivity index (χ1) is 13.6. The van der Waals surface area contributed by atoms with Crippen molar-refractivity contribution >= 4 is 22.5 Å². The first-order valence-electron chi connectivity index (χ1n) is 9.39. The molecule has 2 aromatic carbocycles. The highest BCUT2D eigenvalue weighted by atomic mass is 35.5. The third kappa shape index (κ3) is 2.95. The highest BCUT2D eigenvalue weighted by molar-refractivity contribution is 6.30. The van der Waals surface area contributed by atoms with Crippen molar-refractivity contribution in [2.75, 3.05) is 13.6 Å². The van der Waals surface area contributed by atoms with Gasteiger partial charge in [-0.1, -0.05) is 29.8 Å². The summed E-state index contributed by atoms with van der Waals surface area (Å²) in [4.78, 5) is 18.6. The van der Waals surface area contributed by atoms with Crippen molar-refractivity contribution in [3.05, 3.63) is 87.4 Å². The summed E-state index contributed by atoms with van der Waals surface area (Å²) in [7, 11) is 2.14. The molecule has 0 fully saturated rings. The van der Waals surface area contributed by atoms with E-state index in [2.05, 4.69) is 29.1 Å². The molecule has 5 heteroatoms. The lowest BCUT2D eigenvalue weighted by Gasteiger charge is -2.22. The Balaban J connectivity index is 1.54. The van der Waals surface area contributed by atoms with Gasteiger partial charge in [0.2, 0.25) is 0 Å². The van der Waals surface area contributed by atoms with Gasteiger partial charge in [0, 0.05) is 47.0 Å². The molecule has 0 amide bonds. The average Bonchev–Trinajstić information content (AvgIpc) is 3.05. The number of hydrogen-bond donors (Lipinski definition) is 1. The summed E-state index contributed by atoms with van der Waals surface area (Å²) in [5.41, 5.74) is 6.46. The predicted octanol–water partition coefficient (Wildman–Crippen LogP) is 4.63. The molecule has 0 bridgehead atoms. The zero-order valence-electron chi connectivity index (χ0n) is 15.6. The minimum absolute atomic E-state index is 0.0529. The number of nitrogens with zero attached hydrogens (tertiary/aromatic N) is 2. The molecule has 140 valence electrons. The van der Waals surface area contributed by atoms with E-state index in [1.54, 1.807) is 10.6 Å². The van der Waals surface area contributed by atoms with Gasteiger partial charge in [-0.05, 0) is 60.5 Å². The van der Waals surface area contributed by atoms with Gasteiger partial charge in [0.25, 0.3) is 5.56 Å². The largest absolute Gasteiger partial charge is 0.357 e. The number of aromatic nitrogens is 2. The number of aromatic amines is 1. The van der Waals surface area contributed by atoms with Gasteiger partial charge in [0.1, 0.15) is 0 Å². The zero-order valence-corrected chi connectivity index (χ0v) is 16.3. The average molecular weight is 390 g/mol. The van der Waals surface area contributed by atoms with Crippen LogP contribution in [0, 0.1) is 0 Å². The Kier molecular flexibility index (Phi) is 4.11. The van der Waals surface area contributed by atoms with Crippen LogP contribution < -0.4 is 5.56 Å². The quantitative estimate of drug-likeness (QED) is 0.543. The summed E-state index contributed by atoms with van der Waals surface area (Å²) in [5.74, 6) is 0. The summed E-state index contributed by atoms with van der Waals surface area (Å²) in [6.45, 7) is 2.02. The number of H-pyrrole nitrogens is 1. The maximum Gasteiger partial charge on any atom is 0.255 e. The van der Waals surface area contributed by atoms with Gasteiger partial charge >= 0.3 is 0 Å². The molecule has 3 heterocycles. The van der Waals surface area contributed by atoms with Crippen LogP contribution in [0.3, 0.4) is 0 Å². The van der Waals surface area contributed by atoms with Crippen LogP contribution in [-0.2, 0) is 13.0 Å². The van der Waals surface area contributed by atoms with Crippen LogP contribution in [0.15, 0.2) is 65.6 Å². The summed E-state index contributed by atoms with van der Waals surface area (Å²) in [6.07, 6.45) is 2.89. The van der Waals surface area contributed by atoms with Gasteiger partial charge in [0.15, 0.2) is 0 Å². The molecule has 0 unspecified atom stereocenters. The SMILES string of the molecule is CN1CCc2c([nH]c3cc(-n4ccc(-c5ccc(Cl)cc5)cc4=O)ccc23)C1. The molecule has 0 radical (unpaired) electrons. The number of hydrogen-bond acceptors (Lipinski definition) is 2. The van der Waals surface area contributed by atoms with Crippen LogP contribution in [0.1, 0.15) is 11.3 Å². The van der Waals surface area contributed by atoms with Crippen molar-refractivity contribution in [1.29, 1.82) is 0 Å². The highest BCUT2D eigenvalue weighted by Gasteiger charge is 2.18. The minimum Gasteiger partial charge on any atom is -0.357 e. The predicted molar refractivity (Wildman–Crippen MR) is 114 cm³/mol. The van der Waals surface area contributed by atoms with Crippen molar-refractivity contribution in [2.24, 2.45) is 0 Å². The molecular weight excluding hydrogens is 370 g/mol. The fraction of sp³-hybridized carbons (Fsp3) is 0.174. The molecule has 0 saturated heterocycles. The lowest BCUT2D eigenvalue weighted by molar-refractivity contribution is 0.310. The summed E-state index contributed by atoms with van der Waals surface area (Å²) < 4.78 is 1.69. The van der Waals surface area contributed by atoms with Crippen LogP contribution in [0.25, 0.3) is 27.7 Å². The number of benzene rings is 2. The van der Waals surface area contributed by atoms with E-state index in [0.717, 1.165) is 41.8 Å². The fourth-order valence-corrected chi connectivity index (χ4v) is 4.16. The topological polar surface area (TPSA) is 41.0 Å². The Morgan fingerprint density at radius 2 is 1.82 bits per heavy atom. The molecule has 0 atom stereocenters. The van der Waals surface area contributed by atoms with Gasteiger partial charge in [0.05, 0.1) is 5.69 Å². The number of likely N-dealkylation sites (N-methyl/N-ethyl adjacent to an activating group) is 1. The maximum atomic E-state index is 12.8. The maximum absolute atomic E-state index is 12.8. The molecule has 1 N–H and O–H groups in total. The lowest BCUT2D eigenvalue weighted by atomic mass is 10.0. The smallest absolute Gasteiger partial charge is 0.255 e. The van der Waals surface area contributed by atoms with Crippen LogP contribution in [0.4, 0.5) is 0 Å². The zero-order chi connectivity index (χ0) is 19.3. The molecule has 0 saturated carbocycles. The second-order valence-corrected chi connectivity index (χ2v) is 7.87. The number of pyridine rings is 1. The van der Waals surface area contributed by atoms with E-state index in [4.69, 9.17) is 11.6 Å². The van der Waals surface area contributed by atoms with Gasteiger partial charge in [-0.25, -0.2) is 0 Å². The summed E-state index contributed by atoms with van der Waals surface area (Å²) >= 11 is 5.96. The summed E-state index contributed by atoms with van der Waals surface area (Å²) in [6, 6.07) is 17.4. The van der Waals surface area contributed by atoms with Crippen molar-refractivity contribution in [2.45, 2.75) is 13.0 Å². The molecule has 5 rings (SSSR count). The normalized spacial score (nSPS) is 14.4. The third-order valence-electron chi connectivity index (χ3n) is 5.52. The van der Waals surface area contributed by atoms with Crippen molar-refractivity contribution in [1.82, 2.24) is 14.5 Å². The Labute approximate surface area is 168 Å². The molecule has 2 aromatic heterocycles. The first-order valence-corrected chi connectivity index (χ1v) is 9.77. The van der Waals surface area contributed by atoms with E-state index in [1.165, 1.54) is 16.6 Å². The molecule has 4 aromatic rings. The fourth-order valence-electron chi connectivity index (χ4n) is 4.04. The van der Waals surface area contributed by atoms with E-state index >= 15 is 0 Å². The second-order valence-electron chi connectivity index (χ2n) is 7.43. The number of nitrogens with one attached hydrogen (secondary N) is 1. The second kappa shape index (κ2) is 6.66. The van der Waals surface area contributed by atoms with E-state index in [-0.39, 0.29) is 5.56 Å². The monoisotopic (exact) mass is 389 g/mol. The van der Waals surface area contributed by atoms with Crippen LogP contribution in [0.5, 0.6) is 0 Å². The van der Waals surface area contributed by atoms with Gasteiger partial charge in [-0.2, -0.15) is 0 Å². The Morgan fingerprint density at radius 1 is 1.00 bits per heavy atom. The van der Waals surface area contributed by atoms with Crippen LogP contribution >= 0.6 is 11.6 Å². The van der Waals surface area contributed by atoms with E-state index < -0.39 is 0 Å². The Bertz CT molecular complexity index is 1240. The van der Waals surface area contributed by atoms with Crippen molar-refractivity contribution in [3.63, 3.8) is 0 Å². The molecule has 0 aliphatic carbocycles. The minimum atomic E-state index is -0.0529. The number of halogens is 1. The van der Waals surface area contributed by atoms with Crippen molar-refractivity contribution < 1.29 is 0 Å². The lowest BCUT2D eigenvalue weighted by Crippen LogP contribution is -2.26. The number of fused-ring (bicyclic) bond motifs is 3.